The number of nitrogens with one attached hydrogen (secondary N) is 2. The zero-order valence-electron chi connectivity index (χ0n) is 13.1. The number of methoxy groups -OCH3 is 1. The van der Waals surface area contributed by atoms with Gasteiger partial charge in [0, 0.05) is 17.8 Å². The first kappa shape index (κ1) is 17.3. The maximum atomic E-state index is 12.0. The van der Waals surface area contributed by atoms with Crippen molar-refractivity contribution >= 4 is 29.5 Å². The number of esters is 1. The van der Waals surface area contributed by atoms with E-state index in [0.717, 1.165) is 0 Å². The van der Waals surface area contributed by atoms with Gasteiger partial charge in [0.05, 0.1) is 20.1 Å². The molecule has 0 spiro atoms. The van der Waals surface area contributed by atoms with E-state index in [9.17, 15) is 14.4 Å². The molecule has 0 bridgehead atoms. The minimum Gasteiger partial charge on any atom is -0.469 e. The summed E-state index contributed by atoms with van der Waals surface area (Å²) in [5.41, 5.74) is 6.44. The van der Waals surface area contributed by atoms with Crippen molar-refractivity contribution in [3.63, 3.8) is 0 Å². The smallest absolute Gasteiger partial charge is 0.415 e. The van der Waals surface area contributed by atoms with Gasteiger partial charge in [0.25, 0.3) is 5.91 Å². The summed E-state index contributed by atoms with van der Waals surface area (Å²) in [5.74, 6) is -0.991. The zero-order valence-corrected chi connectivity index (χ0v) is 13.1. The molecule has 9 heteroatoms. The molecule has 2 rings (SSSR count). The van der Waals surface area contributed by atoms with Crippen molar-refractivity contribution in [3.05, 3.63) is 29.8 Å². The second-order valence-electron chi connectivity index (χ2n) is 5.06. The predicted octanol–water partition coefficient (Wildman–Crippen LogP) is -0.0248. The van der Waals surface area contributed by atoms with Crippen LogP contribution in [0.5, 0.6) is 0 Å². The van der Waals surface area contributed by atoms with Crippen LogP contribution < -0.4 is 16.0 Å². The molecule has 0 saturated carbocycles. The van der Waals surface area contributed by atoms with Crippen molar-refractivity contribution < 1.29 is 23.9 Å². The third kappa shape index (κ3) is 4.00. The maximum absolute atomic E-state index is 12.0. The number of anilines is 1. The number of amidine groups is 1. The van der Waals surface area contributed by atoms with Gasteiger partial charge < -0.3 is 20.5 Å². The molecule has 1 aromatic carbocycles. The van der Waals surface area contributed by atoms with Gasteiger partial charge in [0.1, 0.15) is 5.84 Å². The molecule has 0 aromatic heterocycles. The van der Waals surface area contributed by atoms with Crippen molar-refractivity contribution in [2.75, 3.05) is 25.1 Å². The van der Waals surface area contributed by atoms with Crippen LogP contribution in [-0.2, 0) is 19.1 Å². The molecule has 0 aliphatic carbocycles. The van der Waals surface area contributed by atoms with Gasteiger partial charge in [-0.1, -0.05) is 0 Å². The maximum Gasteiger partial charge on any atom is 0.415 e. The van der Waals surface area contributed by atoms with Crippen molar-refractivity contribution in [1.82, 2.24) is 5.32 Å². The molecule has 2 amide bonds. The molecule has 1 saturated heterocycles. The van der Waals surface area contributed by atoms with Crippen molar-refractivity contribution in [3.8, 4) is 0 Å². The summed E-state index contributed by atoms with van der Waals surface area (Å²) in [6.07, 6.45) is -1.56. The van der Waals surface area contributed by atoms with Gasteiger partial charge in [-0.3, -0.25) is 19.9 Å². The van der Waals surface area contributed by atoms with Crippen molar-refractivity contribution in [2.45, 2.75) is 12.5 Å². The van der Waals surface area contributed by atoms with E-state index in [1.807, 2.05) is 0 Å². The Labute approximate surface area is 138 Å². The Morgan fingerprint density at radius 1 is 1.42 bits per heavy atom. The summed E-state index contributed by atoms with van der Waals surface area (Å²) in [5, 5.41) is 9.86. The summed E-state index contributed by atoms with van der Waals surface area (Å²) in [4.78, 5) is 36.2. The third-order valence-electron chi connectivity index (χ3n) is 3.45. The summed E-state index contributed by atoms with van der Waals surface area (Å²) >= 11 is 0. The summed E-state index contributed by atoms with van der Waals surface area (Å²) < 4.78 is 9.51. The molecule has 9 nitrogen and oxygen atoms in total. The van der Waals surface area contributed by atoms with Gasteiger partial charge in [-0.15, -0.1) is 0 Å². The highest BCUT2D eigenvalue weighted by molar-refractivity contribution is 5.97. The lowest BCUT2D eigenvalue weighted by Gasteiger charge is -2.13. The van der Waals surface area contributed by atoms with Crippen LogP contribution in [0.2, 0.25) is 0 Å². The van der Waals surface area contributed by atoms with Gasteiger partial charge in [0.15, 0.2) is 6.10 Å². The number of benzene rings is 1. The van der Waals surface area contributed by atoms with E-state index >= 15 is 0 Å². The van der Waals surface area contributed by atoms with E-state index in [4.69, 9.17) is 15.9 Å². The van der Waals surface area contributed by atoms with E-state index in [1.165, 1.54) is 12.0 Å². The number of nitrogens with two attached hydrogens (primary N) is 1. The molecular weight excluding hydrogens is 316 g/mol. The van der Waals surface area contributed by atoms with E-state index < -0.39 is 24.1 Å². The zero-order chi connectivity index (χ0) is 17.7. The number of hydrogen-bond acceptors (Lipinski definition) is 6. The predicted molar refractivity (Wildman–Crippen MR) is 84.7 cm³/mol. The number of carbonyl (C=O) groups excluding carboxylic acids is 3. The van der Waals surface area contributed by atoms with E-state index in [1.54, 1.807) is 24.3 Å². The number of cyclic esters (lactones) is 1. The molecule has 1 aromatic rings. The molecule has 0 radical (unpaired) electrons. The van der Waals surface area contributed by atoms with Crippen LogP contribution in [0, 0.1) is 5.41 Å². The Kier molecular flexibility index (Phi) is 5.35. The van der Waals surface area contributed by atoms with Gasteiger partial charge >= 0.3 is 12.1 Å². The molecule has 1 aliphatic rings. The van der Waals surface area contributed by atoms with Gasteiger partial charge in [-0.05, 0) is 24.3 Å². The SMILES string of the molecule is COC(=O)CCNC(=O)C1CN(c2ccc(C(=N)N)cc2)C(=O)O1. The highest BCUT2D eigenvalue weighted by Crippen LogP contribution is 2.22. The van der Waals surface area contributed by atoms with Crippen LogP contribution in [0.25, 0.3) is 0 Å². The monoisotopic (exact) mass is 334 g/mol. The fourth-order valence-corrected chi connectivity index (χ4v) is 2.13. The Morgan fingerprint density at radius 3 is 2.67 bits per heavy atom. The van der Waals surface area contributed by atoms with Crippen LogP contribution in [0.15, 0.2) is 24.3 Å². The fourth-order valence-electron chi connectivity index (χ4n) is 2.13. The van der Waals surface area contributed by atoms with Crippen molar-refractivity contribution in [2.24, 2.45) is 5.73 Å². The lowest BCUT2D eigenvalue weighted by Crippen LogP contribution is -2.38. The molecule has 1 fully saturated rings. The molecule has 1 atom stereocenters. The third-order valence-corrected chi connectivity index (χ3v) is 3.45. The number of ether oxygens (including phenoxy) is 2. The number of hydrogen-bond donors (Lipinski definition) is 3. The second-order valence-corrected chi connectivity index (χ2v) is 5.06. The highest BCUT2D eigenvalue weighted by Gasteiger charge is 2.36. The molecule has 1 unspecified atom stereocenters. The lowest BCUT2D eigenvalue weighted by atomic mass is 10.2. The lowest BCUT2D eigenvalue weighted by molar-refractivity contribution is -0.140. The number of amides is 2. The van der Waals surface area contributed by atoms with Gasteiger partial charge in [-0.25, -0.2) is 4.79 Å². The van der Waals surface area contributed by atoms with Crippen molar-refractivity contribution in [1.29, 1.82) is 5.41 Å². The molecule has 4 N–H and O–H groups in total. The second kappa shape index (κ2) is 7.44. The molecule has 1 aliphatic heterocycles. The average Bonchev–Trinajstić information content (AvgIpc) is 2.96. The van der Waals surface area contributed by atoms with Crippen LogP contribution in [0.4, 0.5) is 10.5 Å². The molecule has 128 valence electrons. The van der Waals surface area contributed by atoms with Crippen LogP contribution >= 0.6 is 0 Å². The summed E-state index contributed by atoms with van der Waals surface area (Å²) in [6, 6.07) is 6.45. The Bertz CT molecular complexity index is 658. The first-order chi connectivity index (χ1) is 11.4. The number of nitrogen functional groups attached to an aromatic ring is 1. The Morgan fingerprint density at radius 2 is 2.08 bits per heavy atom. The first-order valence-electron chi connectivity index (χ1n) is 7.19. The quantitative estimate of drug-likeness (QED) is 0.380. The largest absolute Gasteiger partial charge is 0.469 e. The minimum atomic E-state index is -0.956. The standard InChI is InChI=1S/C15H18N4O5/c1-23-12(20)6-7-18-14(21)11-8-19(15(22)24-11)10-4-2-9(3-5-10)13(16)17/h2-5,11H,6-8H2,1H3,(H3,16,17)(H,18,21). The first-order valence-corrected chi connectivity index (χ1v) is 7.19. The summed E-state index contributed by atoms with van der Waals surface area (Å²) in [6.45, 7) is 0.162. The van der Waals surface area contributed by atoms with E-state index in [0.29, 0.717) is 11.3 Å². The van der Waals surface area contributed by atoms with E-state index in [-0.39, 0.29) is 25.3 Å². The van der Waals surface area contributed by atoms with Crippen LogP contribution in [-0.4, -0.2) is 50.1 Å². The summed E-state index contributed by atoms with van der Waals surface area (Å²) in [7, 11) is 1.26. The van der Waals surface area contributed by atoms with Crippen LogP contribution in [0.1, 0.15) is 12.0 Å². The number of rotatable bonds is 6. The Hall–Kier alpha value is -3.10. The minimum absolute atomic E-state index is 0.0408. The fraction of sp³-hybridized carbons (Fsp3) is 0.333. The topological polar surface area (TPSA) is 135 Å². The number of carbonyl (C=O) groups is 3. The number of nitrogens with zero attached hydrogens (tertiary/aromatic N) is 1. The van der Waals surface area contributed by atoms with Crippen LogP contribution in [0.3, 0.4) is 0 Å². The molecule has 1 heterocycles. The van der Waals surface area contributed by atoms with Gasteiger partial charge in [0.2, 0.25) is 0 Å². The average molecular weight is 334 g/mol. The van der Waals surface area contributed by atoms with Gasteiger partial charge in [-0.2, -0.15) is 0 Å². The van der Waals surface area contributed by atoms with E-state index in [2.05, 4.69) is 10.1 Å². The molecule has 24 heavy (non-hydrogen) atoms. The highest BCUT2D eigenvalue weighted by atomic mass is 16.6. The normalized spacial score (nSPS) is 16.5. The Balaban J connectivity index is 1.93. The molecular formula is C15H18N4O5.